The molecular weight excluding hydrogens is 314 g/mol. The molecule has 20 heavy (non-hydrogen) atoms. The Labute approximate surface area is 127 Å². The van der Waals surface area contributed by atoms with Crippen LogP contribution >= 0.6 is 15.9 Å². The number of Topliss-reactive ketones (excluding diaryl/α,β-unsaturated/α-hetero) is 1. The van der Waals surface area contributed by atoms with Gasteiger partial charge in [0.15, 0.2) is 5.78 Å². The van der Waals surface area contributed by atoms with Crippen LogP contribution in [0.3, 0.4) is 0 Å². The van der Waals surface area contributed by atoms with Crippen LogP contribution in [-0.4, -0.2) is 11.8 Å². The molecular formula is C17H16BrNO. The third-order valence-corrected chi connectivity index (χ3v) is 4.23. The summed E-state index contributed by atoms with van der Waals surface area (Å²) in [5.41, 5.74) is 3.66. The number of fused-ring (bicyclic) bond motifs is 1. The number of hydrogen-bond donors (Lipinski definition) is 1. The van der Waals surface area contributed by atoms with Crippen LogP contribution < -0.4 is 5.32 Å². The van der Waals surface area contributed by atoms with E-state index in [1.165, 1.54) is 11.1 Å². The van der Waals surface area contributed by atoms with E-state index in [0.29, 0.717) is 6.42 Å². The van der Waals surface area contributed by atoms with Crippen molar-refractivity contribution in [1.82, 2.24) is 5.32 Å². The van der Waals surface area contributed by atoms with Crippen molar-refractivity contribution in [1.29, 1.82) is 0 Å². The number of hydrogen-bond acceptors (Lipinski definition) is 2. The number of nitrogens with one attached hydrogen (secondary N) is 1. The molecule has 0 saturated heterocycles. The molecule has 1 atom stereocenters. The van der Waals surface area contributed by atoms with Gasteiger partial charge in [-0.25, -0.2) is 0 Å². The van der Waals surface area contributed by atoms with Gasteiger partial charge in [-0.2, -0.15) is 0 Å². The van der Waals surface area contributed by atoms with E-state index >= 15 is 0 Å². The van der Waals surface area contributed by atoms with Gasteiger partial charge in [0.25, 0.3) is 0 Å². The number of carbonyl (C=O) groups is 1. The summed E-state index contributed by atoms with van der Waals surface area (Å²) in [6, 6.07) is 16.2. The smallest absolute Gasteiger partial charge is 0.154 e. The highest BCUT2D eigenvalue weighted by Gasteiger charge is 2.23. The molecule has 0 spiro atoms. The Morgan fingerprint density at radius 2 is 1.95 bits per heavy atom. The maximum absolute atomic E-state index is 12.4. The van der Waals surface area contributed by atoms with Gasteiger partial charge in [-0.3, -0.25) is 4.79 Å². The lowest BCUT2D eigenvalue weighted by Crippen LogP contribution is -2.42. The number of carbonyl (C=O) groups excluding carboxylic acids is 1. The Hall–Kier alpha value is -1.45. The zero-order chi connectivity index (χ0) is 13.9. The summed E-state index contributed by atoms with van der Waals surface area (Å²) in [5, 5.41) is 3.35. The second kappa shape index (κ2) is 5.90. The molecule has 0 radical (unpaired) electrons. The van der Waals surface area contributed by atoms with E-state index in [0.717, 1.165) is 23.0 Å². The predicted octanol–water partition coefficient (Wildman–Crippen LogP) is 3.28. The molecule has 2 nitrogen and oxygen atoms in total. The van der Waals surface area contributed by atoms with Crippen LogP contribution in [-0.2, 0) is 24.2 Å². The molecule has 0 amide bonds. The minimum Gasteiger partial charge on any atom is -0.303 e. The first-order chi connectivity index (χ1) is 9.72. The van der Waals surface area contributed by atoms with E-state index in [-0.39, 0.29) is 11.8 Å². The van der Waals surface area contributed by atoms with Gasteiger partial charge in [0.05, 0.1) is 6.04 Å². The minimum atomic E-state index is -0.0659. The second-order valence-corrected chi connectivity index (χ2v) is 6.10. The van der Waals surface area contributed by atoms with Gasteiger partial charge in [-0.15, -0.1) is 0 Å². The van der Waals surface area contributed by atoms with Crippen molar-refractivity contribution in [2.45, 2.75) is 25.4 Å². The van der Waals surface area contributed by atoms with Gasteiger partial charge >= 0.3 is 0 Å². The largest absolute Gasteiger partial charge is 0.303 e. The molecule has 0 fully saturated rings. The number of ketones is 1. The molecule has 0 saturated carbocycles. The highest BCUT2D eigenvalue weighted by atomic mass is 79.9. The Morgan fingerprint density at radius 3 is 2.75 bits per heavy atom. The van der Waals surface area contributed by atoms with Gasteiger partial charge in [-0.05, 0) is 35.2 Å². The quantitative estimate of drug-likeness (QED) is 0.936. The van der Waals surface area contributed by atoms with Crippen LogP contribution in [0.2, 0.25) is 0 Å². The standard InChI is InChI=1S/C17H16BrNO/c18-15-7-3-4-12(8-15)9-17(20)16-10-13-5-1-2-6-14(13)11-19-16/h1-8,16,19H,9-11H2. The molecule has 1 aliphatic rings. The Balaban J connectivity index is 1.70. The summed E-state index contributed by atoms with van der Waals surface area (Å²) in [6.07, 6.45) is 1.28. The van der Waals surface area contributed by atoms with Crippen molar-refractivity contribution in [3.63, 3.8) is 0 Å². The summed E-state index contributed by atoms with van der Waals surface area (Å²) in [4.78, 5) is 12.4. The minimum absolute atomic E-state index is 0.0659. The molecule has 2 aromatic rings. The fraction of sp³-hybridized carbons (Fsp3) is 0.235. The highest BCUT2D eigenvalue weighted by Crippen LogP contribution is 2.18. The van der Waals surface area contributed by atoms with Gasteiger partial charge in [-0.1, -0.05) is 52.3 Å². The highest BCUT2D eigenvalue weighted by molar-refractivity contribution is 9.10. The molecule has 102 valence electrons. The Morgan fingerprint density at radius 1 is 1.15 bits per heavy atom. The van der Waals surface area contributed by atoms with E-state index in [9.17, 15) is 4.79 Å². The predicted molar refractivity (Wildman–Crippen MR) is 83.6 cm³/mol. The monoisotopic (exact) mass is 329 g/mol. The first kappa shape index (κ1) is 13.5. The molecule has 1 heterocycles. The lowest BCUT2D eigenvalue weighted by atomic mass is 9.91. The van der Waals surface area contributed by atoms with Crippen LogP contribution in [0, 0.1) is 0 Å². The van der Waals surface area contributed by atoms with Crippen LogP contribution in [0.1, 0.15) is 16.7 Å². The SMILES string of the molecule is O=C(Cc1cccc(Br)c1)C1Cc2ccccc2CN1. The Kier molecular flexibility index (Phi) is 3.99. The van der Waals surface area contributed by atoms with E-state index in [4.69, 9.17) is 0 Å². The lowest BCUT2D eigenvalue weighted by molar-refractivity contribution is -0.120. The second-order valence-electron chi connectivity index (χ2n) is 5.18. The number of rotatable bonds is 3. The summed E-state index contributed by atoms with van der Waals surface area (Å²) in [5.74, 6) is 0.262. The number of benzene rings is 2. The van der Waals surface area contributed by atoms with Gasteiger partial charge in [0.1, 0.15) is 0 Å². The molecule has 3 heteroatoms. The number of halogens is 1. The molecule has 1 unspecified atom stereocenters. The van der Waals surface area contributed by atoms with Gasteiger partial charge in [0.2, 0.25) is 0 Å². The lowest BCUT2D eigenvalue weighted by Gasteiger charge is -2.25. The molecule has 3 rings (SSSR count). The van der Waals surface area contributed by atoms with Crippen molar-refractivity contribution in [2.75, 3.05) is 0 Å². The first-order valence-corrected chi connectivity index (χ1v) is 7.59. The summed E-state index contributed by atoms with van der Waals surface area (Å²) in [6.45, 7) is 0.783. The third-order valence-electron chi connectivity index (χ3n) is 3.74. The summed E-state index contributed by atoms with van der Waals surface area (Å²) in [7, 11) is 0. The molecule has 0 aliphatic carbocycles. The third kappa shape index (κ3) is 3.00. The van der Waals surface area contributed by atoms with Crippen LogP contribution in [0.5, 0.6) is 0 Å². The van der Waals surface area contributed by atoms with Crippen molar-refractivity contribution in [2.24, 2.45) is 0 Å². The van der Waals surface area contributed by atoms with Gasteiger partial charge in [0, 0.05) is 17.4 Å². The van der Waals surface area contributed by atoms with Crippen LogP contribution in [0.4, 0.5) is 0 Å². The average Bonchev–Trinajstić information content (AvgIpc) is 2.47. The van der Waals surface area contributed by atoms with Crippen molar-refractivity contribution in [3.05, 3.63) is 69.7 Å². The van der Waals surface area contributed by atoms with E-state index in [1.807, 2.05) is 36.4 Å². The Bertz CT molecular complexity index is 638. The van der Waals surface area contributed by atoms with Crippen LogP contribution in [0.15, 0.2) is 53.0 Å². The van der Waals surface area contributed by atoms with Gasteiger partial charge < -0.3 is 5.32 Å². The molecule has 0 aromatic heterocycles. The van der Waals surface area contributed by atoms with E-state index < -0.39 is 0 Å². The molecule has 1 aliphatic heterocycles. The maximum atomic E-state index is 12.4. The van der Waals surface area contributed by atoms with Crippen LogP contribution in [0.25, 0.3) is 0 Å². The van der Waals surface area contributed by atoms with Crippen molar-refractivity contribution < 1.29 is 4.79 Å². The molecule has 0 bridgehead atoms. The summed E-state index contributed by atoms with van der Waals surface area (Å²) < 4.78 is 1.02. The zero-order valence-corrected chi connectivity index (χ0v) is 12.7. The van der Waals surface area contributed by atoms with E-state index in [1.54, 1.807) is 0 Å². The summed E-state index contributed by atoms with van der Waals surface area (Å²) >= 11 is 3.44. The zero-order valence-electron chi connectivity index (χ0n) is 11.1. The maximum Gasteiger partial charge on any atom is 0.154 e. The first-order valence-electron chi connectivity index (χ1n) is 6.80. The van der Waals surface area contributed by atoms with Crippen molar-refractivity contribution in [3.8, 4) is 0 Å². The average molecular weight is 330 g/mol. The fourth-order valence-electron chi connectivity index (χ4n) is 2.65. The van der Waals surface area contributed by atoms with E-state index in [2.05, 4.69) is 33.4 Å². The van der Waals surface area contributed by atoms with Crippen molar-refractivity contribution >= 4 is 21.7 Å². The normalized spacial score (nSPS) is 17.6. The topological polar surface area (TPSA) is 29.1 Å². The fourth-order valence-corrected chi connectivity index (χ4v) is 3.10. The molecule has 2 aromatic carbocycles. The molecule has 1 N–H and O–H groups in total.